The Kier molecular flexibility index (Phi) is 9.63. The second-order valence-corrected chi connectivity index (χ2v) is 10.5. The second-order valence-electron chi connectivity index (χ2n) is 10.0. The van der Waals surface area contributed by atoms with Gasteiger partial charge in [0.1, 0.15) is 0 Å². The fourth-order valence-electron chi connectivity index (χ4n) is 5.24. The number of urea groups is 1. The number of alkyl halides is 3. The SMILES string of the molecule is C=CCN1C(=O)NC(c2ccc(C(F)(F)F)cc2)C(C(=O)OCC)=C1CN1CCN(C(=O)c2ccccc2Cl)C(C)C1. The van der Waals surface area contributed by atoms with Gasteiger partial charge in [0.05, 0.1) is 34.4 Å². The Bertz CT molecular complexity index is 1380. The number of ether oxygens (including phenoxy) is 1. The molecule has 12 heteroatoms. The van der Waals surface area contributed by atoms with Gasteiger partial charge in [-0.05, 0) is 43.7 Å². The zero-order valence-electron chi connectivity index (χ0n) is 23.3. The summed E-state index contributed by atoms with van der Waals surface area (Å²) in [6.45, 7) is 8.83. The van der Waals surface area contributed by atoms with E-state index in [0.717, 1.165) is 12.1 Å². The fraction of sp³-hybridized carbons (Fsp3) is 0.367. The molecule has 0 saturated carbocycles. The van der Waals surface area contributed by atoms with E-state index in [4.69, 9.17) is 16.3 Å². The van der Waals surface area contributed by atoms with Crippen LogP contribution in [0, 0.1) is 0 Å². The molecule has 0 bridgehead atoms. The van der Waals surface area contributed by atoms with Crippen molar-refractivity contribution >= 4 is 29.5 Å². The highest BCUT2D eigenvalue weighted by Gasteiger charge is 2.40. The lowest BCUT2D eigenvalue weighted by molar-refractivity contribution is -0.139. The molecule has 2 aromatic carbocycles. The Labute approximate surface area is 247 Å². The molecule has 0 spiro atoms. The van der Waals surface area contributed by atoms with Crippen LogP contribution in [0.4, 0.5) is 18.0 Å². The highest BCUT2D eigenvalue weighted by Crippen LogP contribution is 2.35. The van der Waals surface area contributed by atoms with E-state index in [2.05, 4.69) is 11.9 Å². The van der Waals surface area contributed by atoms with Gasteiger partial charge < -0.3 is 15.0 Å². The van der Waals surface area contributed by atoms with Crippen LogP contribution in [0.1, 0.15) is 41.4 Å². The van der Waals surface area contributed by atoms with E-state index in [-0.39, 0.29) is 37.2 Å². The number of piperazine rings is 1. The summed E-state index contributed by atoms with van der Waals surface area (Å²) in [4.78, 5) is 45.0. The van der Waals surface area contributed by atoms with Gasteiger partial charge in [0.2, 0.25) is 0 Å². The number of rotatable bonds is 8. The molecule has 0 aliphatic carbocycles. The van der Waals surface area contributed by atoms with Gasteiger partial charge >= 0.3 is 18.2 Å². The smallest absolute Gasteiger partial charge is 0.416 e. The van der Waals surface area contributed by atoms with Gasteiger partial charge in [-0.15, -0.1) is 6.58 Å². The van der Waals surface area contributed by atoms with E-state index < -0.39 is 29.8 Å². The molecule has 1 fully saturated rings. The summed E-state index contributed by atoms with van der Waals surface area (Å²) in [5.74, 6) is -0.876. The number of carbonyl (C=O) groups excluding carboxylic acids is 3. The first-order valence-electron chi connectivity index (χ1n) is 13.5. The number of hydrogen-bond acceptors (Lipinski definition) is 5. The summed E-state index contributed by atoms with van der Waals surface area (Å²) in [7, 11) is 0. The molecule has 2 heterocycles. The van der Waals surface area contributed by atoms with Crippen molar-refractivity contribution in [3.05, 3.63) is 94.2 Å². The summed E-state index contributed by atoms with van der Waals surface area (Å²) in [6, 6.07) is 9.38. The number of hydrogen-bond donors (Lipinski definition) is 1. The number of esters is 1. The van der Waals surface area contributed by atoms with E-state index in [1.165, 1.54) is 23.1 Å². The van der Waals surface area contributed by atoms with Crippen molar-refractivity contribution in [1.82, 2.24) is 20.0 Å². The molecule has 1 N–H and O–H groups in total. The molecule has 4 rings (SSSR count). The van der Waals surface area contributed by atoms with Crippen LogP contribution < -0.4 is 5.32 Å². The monoisotopic (exact) mass is 604 g/mol. The zero-order chi connectivity index (χ0) is 30.6. The second kappa shape index (κ2) is 13.0. The lowest BCUT2D eigenvalue weighted by Gasteiger charge is -2.43. The minimum atomic E-state index is -4.54. The Morgan fingerprint density at radius 3 is 2.43 bits per heavy atom. The van der Waals surface area contributed by atoms with E-state index >= 15 is 0 Å². The quantitative estimate of drug-likeness (QED) is 0.328. The minimum Gasteiger partial charge on any atom is -0.463 e. The maximum Gasteiger partial charge on any atom is 0.416 e. The number of amides is 3. The van der Waals surface area contributed by atoms with Crippen LogP contribution in [0.15, 0.2) is 72.5 Å². The number of carbonyl (C=O) groups is 3. The van der Waals surface area contributed by atoms with Crippen LogP contribution in [0.2, 0.25) is 5.02 Å². The van der Waals surface area contributed by atoms with Crippen LogP contribution in [0.5, 0.6) is 0 Å². The maximum absolute atomic E-state index is 13.4. The van der Waals surface area contributed by atoms with Gasteiger partial charge in [-0.2, -0.15) is 13.2 Å². The first-order chi connectivity index (χ1) is 20.0. The van der Waals surface area contributed by atoms with Crippen molar-refractivity contribution in [2.45, 2.75) is 32.1 Å². The predicted molar refractivity (Wildman–Crippen MR) is 152 cm³/mol. The van der Waals surface area contributed by atoms with Crippen LogP contribution >= 0.6 is 11.6 Å². The van der Waals surface area contributed by atoms with Crippen molar-refractivity contribution < 1.29 is 32.3 Å². The summed E-state index contributed by atoms with van der Waals surface area (Å²) in [6.07, 6.45) is -3.02. The molecule has 3 amide bonds. The first kappa shape index (κ1) is 31.1. The molecule has 8 nitrogen and oxygen atoms in total. The van der Waals surface area contributed by atoms with Crippen molar-refractivity contribution in [1.29, 1.82) is 0 Å². The van der Waals surface area contributed by atoms with Gasteiger partial charge in [0, 0.05) is 44.5 Å². The van der Waals surface area contributed by atoms with Crippen molar-refractivity contribution in [3.8, 4) is 0 Å². The van der Waals surface area contributed by atoms with Crippen molar-refractivity contribution in [3.63, 3.8) is 0 Å². The molecule has 0 aromatic heterocycles. The maximum atomic E-state index is 13.4. The Morgan fingerprint density at radius 1 is 1.14 bits per heavy atom. The molecule has 42 heavy (non-hydrogen) atoms. The molecule has 2 aliphatic rings. The van der Waals surface area contributed by atoms with Crippen LogP contribution in [-0.4, -0.2) is 78.0 Å². The van der Waals surface area contributed by atoms with Crippen LogP contribution in [-0.2, 0) is 15.7 Å². The molecule has 2 aromatic rings. The molecule has 2 unspecified atom stereocenters. The number of benzene rings is 2. The van der Waals surface area contributed by atoms with Crippen LogP contribution in [0.25, 0.3) is 0 Å². The molecular weight excluding hydrogens is 573 g/mol. The van der Waals surface area contributed by atoms with Crippen molar-refractivity contribution in [2.75, 3.05) is 39.3 Å². The largest absolute Gasteiger partial charge is 0.463 e. The zero-order valence-corrected chi connectivity index (χ0v) is 24.0. The lowest BCUT2D eigenvalue weighted by Crippen LogP contribution is -2.56. The number of nitrogens with one attached hydrogen (secondary N) is 1. The Morgan fingerprint density at radius 2 is 1.83 bits per heavy atom. The van der Waals surface area contributed by atoms with E-state index in [9.17, 15) is 27.6 Å². The Hall–Kier alpha value is -3.83. The number of nitrogens with zero attached hydrogens (tertiary/aromatic N) is 3. The molecule has 2 atom stereocenters. The third kappa shape index (κ3) is 6.63. The fourth-order valence-corrected chi connectivity index (χ4v) is 5.46. The van der Waals surface area contributed by atoms with Gasteiger partial charge in [-0.1, -0.05) is 41.9 Å². The summed E-state index contributed by atoms with van der Waals surface area (Å²) < 4.78 is 45.0. The molecular formula is C30H32ClF3N4O4. The van der Waals surface area contributed by atoms with Gasteiger partial charge in [0.25, 0.3) is 5.91 Å². The molecule has 224 valence electrons. The number of halogens is 4. The molecule has 2 aliphatic heterocycles. The average molecular weight is 605 g/mol. The topological polar surface area (TPSA) is 82.2 Å². The van der Waals surface area contributed by atoms with E-state index in [0.29, 0.717) is 41.5 Å². The first-order valence-corrected chi connectivity index (χ1v) is 13.9. The third-order valence-corrected chi connectivity index (χ3v) is 7.60. The summed E-state index contributed by atoms with van der Waals surface area (Å²) in [5.41, 5.74) is 0.355. The van der Waals surface area contributed by atoms with Gasteiger partial charge in [-0.25, -0.2) is 9.59 Å². The third-order valence-electron chi connectivity index (χ3n) is 7.27. The summed E-state index contributed by atoms with van der Waals surface area (Å²) in [5, 5.41) is 3.12. The van der Waals surface area contributed by atoms with Crippen molar-refractivity contribution in [2.24, 2.45) is 0 Å². The summed E-state index contributed by atoms with van der Waals surface area (Å²) >= 11 is 6.25. The molecule has 1 saturated heterocycles. The average Bonchev–Trinajstić information content (AvgIpc) is 2.94. The minimum absolute atomic E-state index is 0.0601. The predicted octanol–water partition coefficient (Wildman–Crippen LogP) is 5.27. The lowest BCUT2D eigenvalue weighted by atomic mass is 9.93. The van der Waals surface area contributed by atoms with E-state index in [1.807, 2.05) is 11.8 Å². The van der Waals surface area contributed by atoms with Crippen LogP contribution in [0.3, 0.4) is 0 Å². The highest BCUT2D eigenvalue weighted by atomic mass is 35.5. The van der Waals surface area contributed by atoms with Gasteiger partial charge in [0.15, 0.2) is 0 Å². The highest BCUT2D eigenvalue weighted by molar-refractivity contribution is 6.33. The van der Waals surface area contributed by atoms with E-state index in [1.54, 1.807) is 36.1 Å². The van der Waals surface area contributed by atoms with Gasteiger partial charge in [-0.3, -0.25) is 14.6 Å². The normalized spacial score (nSPS) is 19.9. The Balaban J connectivity index is 1.67. The molecule has 0 radical (unpaired) electrons. The standard InChI is InChI=1S/C30H32ClF3N4O4/c1-4-14-38-24(18-36-15-16-37(19(3)17-36)27(39)22-8-6-7-9-23(22)31)25(28(40)42-5-2)26(35-29(38)41)20-10-12-21(13-11-20)30(32,33)34/h4,6-13,19,26H,1,5,14-18H2,2-3H3,(H,35,41).